The molecule has 3 aliphatic rings. The maximum absolute atomic E-state index is 2.56. The van der Waals surface area contributed by atoms with Crippen molar-refractivity contribution < 1.29 is 0 Å². The van der Waals surface area contributed by atoms with Crippen molar-refractivity contribution in [3.8, 4) is 0 Å². The van der Waals surface area contributed by atoms with Crippen molar-refractivity contribution >= 4 is 83.6 Å². The molecule has 2 aliphatic carbocycles. The van der Waals surface area contributed by atoms with Gasteiger partial charge in [0, 0.05) is 64.9 Å². The van der Waals surface area contributed by atoms with Crippen LogP contribution in [-0.2, 0) is 13.5 Å². The van der Waals surface area contributed by atoms with Crippen molar-refractivity contribution in [3.05, 3.63) is 210 Å². The lowest BCUT2D eigenvalue weighted by Gasteiger charge is -2.32. The van der Waals surface area contributed by atoms with E-state index in [9.17, 15) is 0 Å². The first-order valence-electron chi connectivity index (χ1n) is 21.2. The summed E-state index contributed by atoms with van der Waals surface area (Å²) in [7, 11) is 4.57. The van der Waals surface area contributed by atoms with Crippen LogP contribution < -0.4 is 14.7 Å². The standard InChI is InChI=1S/C56H44N4/c1-57-51-35-45(59(41-19-5-3-6-20-41)43-27-25-37-15-9-11-17-39(37)33-43)29-31-49(51)53-47-23-13-14-24-48(47)54-50-32-30-46(36-52(50)58(2)56(54)55(53)57)60(42-21-7-4-8-22-42)44-28-26-38-16-10-12-18-40(38)34-44/h3-11,13-17,19-36,49,51H,12,18H2,1-2H3. The monoisotopic (exact) mass is 772 g/mol. The number of allylic oxidation sites excluding steroid dienone is 2. The molecule has 4 nitrogen and oxygen atoms in total. The Morgan fingerprint density at radius 2 is 1.22 bits per heavy atom. The molecule has 0 fully saturated rings. The van der Waals surface area contributed by atoms with E-state index in [-0.39, 0.29) is 12.0 Å². The van der Waals surface area contributed by atoms with Gasteiger partial charge in [-0.25, -0.2) is 0 Å². The highest BCUT2D eigenvalue weighted by Gasteiger charge is 2.40. The zero-order valence-corrected chi connectivity index (χ0v) is 33.8. The Balaban J connectivity index is 1.02. The fourth-order valence-corrected chi connectivity index (χ4v) is 10.5. The van der Waals surface area contributed by atoms with Crippen LogP contribution in [0.25, 0.3) is 49.4 Å². The SMILES string of the molecule is CN1c2c(c3ccccc3c3c4ccc(N(c5ccccc5)c5ccc6c(c5)CCC=C6)cc4n(C)c23)C2C=CC(N(c3ccccc3)c3ccc4ccccc4c3)=CC21. The predicted octanol–water partition coefficient (Wildman–Crippen LogP) is 14.3. The number of fused-ring (bicyclic) bond motifs is 12. The van der Waals surface area contributed by atoms with Crippen molar-refractivity contribution in [3.63, 3.8) is 0 Å². The van der Waals surface area contributed by atoms with E-state index in [1.54, 1.807) is 0 Å². The minimum absolute atomic E-state index is 0.140. The lowest BCUT2D eigenvalue weighted by molar-refractivity contribution is 0.717. The van der Waals surface area contributed by atoms with Gasteiger partial charge in [-0.2, -0.15) is 0 Å². The molecule has 0 amide bonds. The van der Waals surface area contributed by atoms with Crippen molar-refractivity contribution in [2.45, 2.75) is 24.8 Å². The number of para-hydroxylation sites is 2. The molecular weight excluding hydrogens is 729 g/mol. The molecule has 2 atom stereocenters. The summed E-state index contributed by atoms with van der Waals surface area (Å²) in [5.41, 5.74) is 14.9. The minimum Gasteiger partial charge on any atom is -0.365 e. The maximum Gasteiger partial charge on any atom is 0.0736 e. The van der Waals surface area contributed by atoms with Crippen molar-refractivity contribution in [1.29, 1.82) is 0 Å². The second kappa shape index (κ2) is 13.6. The second-order valence-corrected chi connectivity index (χ2v) is 16.6. The molecule has 60 heavy (non-hydrogen) atoms. The third kappa shape index (κ3) is 5.30. The summed E-state index contributed by atoms with van der Waals surface area (Å²) in [5, 5.41) is 7.73. The maximum atomic E-state index is 2.56. The fourth-order valence-electron chi connectivity index (χ4n) is 10.5. The normalized spacial score (nSPS) is 16.6. The van der Waals surface area contributed by atoms with Crippen LogP contribution in [0.15, 0.2) is 194 Å². The average Bonchev–Trinajstić information content (AvgIpc) is 3.76. The Morgan fingerprint density at radius 1 is 0.550 bits per heavy atom. The molecule has 2 unspecified atom stereocenters. The van der Waals surface area contributed by atoms with Crippen LogP contribution >= 0.6 is 0 Å². The van der Waals surface area contributed by atoms with Crippen LogP contribution in [0.4, 0.5) is 34.1 Å². The minimum atomic E-state index is 0.140. The summed E-state index contributed by atoms with van der Waals surface area (Å²) < 4.78 is 2.47. The van der Waals surface area contributed by atoms with Crippen LogP contribution in [0.3, 0.4) is 0 Å². The molecular formula is C56H44N4. The molecule has 8 aromatic carbocycles. The predicted molar refractivity (Wildman–Crippen MR) is 255 cm³/mol. The van der Waals surface area contributed by atoms with Gasteiger partial charge in [-0.1, -0.05) is 121 Å². The summed E-state index contributed by atoms with van der Waals surface area (Å²) in [5.74, 6) is 0.207. The lowest BCUT2D eigenvalue weighted by atomic mass is 9.86. The number of nitrogens with zero attached hydrogens (tertiary/aromatic N) is 4. The summed E-state index contributed by atoms with van der Waals surface area (Å²) in [6.07, 6.45) is 14.0. The van der Waals surface area contributed by atoms with Gasteiger partial charge in [0.2, 0.25) is 0 Å². The first kappa shape index (κ1) is 34.7. The van der Waals surface area contributed by atoms with Gasteiger partial charge in [-0.15, -0.1) is 0 Å². The summed E-state index contributed by atoms with van der Waals surface area (Å²) >= 11 is 0. The molecule has 4 heteroatoms. The van der Waals surface area contributed by atoms with E-state index in [0.717, 1.165) is 35.6 Å². The van der Waals surface area contributed by atoms with Crippen molar-refractivity contribution in [1.82, 2.24) is 4.57 Å². The zero-order chi connectivity index (χ0) is 39.9. The van der Waals surface area contributed by atoms with Crippen LogP contribution in [0.2, 0.25) is 0 Å². The van der Waals surface area contributed by atoms with Gasteiger partial charge < -0.3 is 19.3 Å². The number of hydrogen-bond acceptors (Lipinski definition) is 3. The smallest absolute Gasteiger partial charge is 0.0736 e. The highest BCUT2D eigenvalue weighted by molar-refractivity contribution is 6.26. The van der Waals surface area contributed by atoms with E-state index < -0.39 is 0 Å². The van der Waals surface area contributed by atoms with Gasteiger partial charge in [-0.05, 0) is 124 Å². The zero-order valence-electron chi connectivity index (χ0n) is 33.8. The Hall–Kier alpha value is -7.30. The van der Waals surface area contributed by atoms with Gasteiger partial charge >= 0.3 is 0 Å². The molecule has 0 N–H and O–H groups in total. The average molecular weight is 773 g/mol. The highest BCUT2D eigenvalue weighted by Crippen LogP contribution is 2.54. The van der Waals surface area contributed by atoms with Crippen molar-refractivity contribution in [2.24, 2.45) is 7.05 Å². The number of likely N-dealkylation sites (N-methyl/N-ethyl adjacent to an activating group) is 1. The number of hydrogen-bond donors (Lipinski definition) is 0. The third-order valence-corrected chi connectivity index (χ3v) is 13.3. The molecule has 0 saturated carbocycles. The summed E-state index contributed by atoms with van der Waals surface area (Å²) in [6, 6.07) is 60.3. The van der Waals surface area contributed by atoms with E-state index in [0.29, 0.717) is 0 Å². The van der Waals surface area contributed by atoms with Crippen LogP contribution in [0, 0.1) is 0 Å². The molecule has 0 radical (unpaired) electrons. The lowest BCUT2D eigenvalue weighted by Crippen LogP contribution is -2.32. The summed E-state index contributed by atoms with van der Waals surface area (Å²) in [4.78, 5) is 7.39. The highest BCUT2D eigenvalue weighted by atomic mass is 15.2. The fraction of sp³-hybridized carbons (Fsp3) is 0.107. The number of rotatable bonds is 6. The van der Waals surface area contributed by atoms with Crippen LogP contribution in [0.1, 0.15) is 29.0 Å². The molecule has 1 aromatic heterocycles. The van der Waals surface area contributed by atoms with Crippen LogP contribution in [0.5, 0.6) is 0 Å². The van der Waals surface area contributed by atoms with Gasteiger partial charge in [0.25, 0.3) is 0 Å². The Morgan fingerprint density at radius 3 is 2.03 bits per heavy atom. The van der Waals surface area contributed by atoms with Crippen molar-refractivity contribution in [2.75, 3.05) is 21.7 Å². The molecule has 288 valence electrons. The Bertz CT molecular complexity index is 3260. The van der Waals surface area contributed by atoms with E-state index >= 15 is 0 Å². The quantitative estimate of drug-likeness (QED) is 0.167. The molecule has 0 saturated heterocycles. The van der Waals surface area contributed by atoms with Gasteiger partial charge in [0.05, 0.1) is 22.8 Å². The van der Waals surface area contributed by atoms with Gasteiger partial charge in [0.15, 0.2) is 0 Å². The van der Waals surface area contributed by atoms with E-state index in [1.165, 1.54) is 77.1 Å². The van der Waals surface area contributed by atoms with Gasteiger partial charge in [0.1, 0.15) is 0 Å². The number of aromatic nitrogens is 1. The van der Waals surface area contributed by atoms with E-state index in [2.05, 4.69) is 228 Å². The van der Waals surface area contributed by atoms with E-state index in [1.807, 2.05) is 0 Å². The first-order chi connectivity index (χ1) is 29.6. The van der Waals surface area contributed by atoms with Crippen LogP contribution in [-0.4, -0.2) is 17.7 Å². The first-order valence-corrected chi connectivity index (χ1v) is 21.2. The number of anilines is 6. The Labute approximate surface area is 350 Å². The van der Waals surface area contributed by atoms with E-state index in [4.69, 9.17) is 0 Å². The summed E-state index contributed by atoms with van der Waals surface area (Å²) in [6.45, 7) is 0. The number of aryl methyl sites for hydroxylation is 2. The topological polar surface area (TPSA) is 14.7 Å². The van der Waals surface area contributed by atoms with Gasteiger partial charge in [-0.3, -0.25) is 0 Å². The molecule has 12 rings (SSSR count). The Kier molecular flexibility index (Phi) is 7.89. The largest absolute Gasteiger partial charge is 0.365 e. The molecule has 0 bridgehead atoms. The molecule has 9 aromatic rings. The third-order valence-electron chi connectivity index (χ3n) is 13.3. The number of benzene rings is 8. The molecule has 2 heterocycles. The second-order valence-electron chi connectivity index (χ2n) is 16.6. The molecule has 0 spiro atoms. The molecule has 1 aliphatic heterocycles.